The lowest BCUT2D eigenvalue weighted by Crippen LogP contribution is -2.45. The molecule has 45 heavy (non-hydrogen) atoms. The molecule has 15 heteroatoms. The Bertz CT molecular complexity index is 1510. The van der Waals surface area contributed by atoms with Crippen molar-refractivity contribution in [3.63, 3.8) is 0 Å². The molecule has 2 amide bonds. The number of aryl methyl sites for hydroxylation is 1. The van der Waals surface area contributed by atoms with Crippen LogP contribution in [-0.4, -0.2) is 101 Å². The fourth-order valence-corrected chi connectivity index (χ4v) is 7.81. The van der Waals surface area contributed by atoms with Gasteiger partial charge in [-0.15, -0.1) is 0 Å². The number of fused-ring (bicyclic) bond motifs is 1. The number of nitrogens with one attached hydrogen (secondary N) is 1. The Balaban J connectivity index is 1.35. The van der Waals surface area contributed by atoms with Gasteiger partial charge in [0.2, 0.25) is 21.8 Å². The molecule has 0 bridgehead atoms. The molecule has 0 atom stereocenters. The van der Waals surface area contributed by atoms with Crippen LogP contribution in [-0.2, 0) is 51.8 Å². The number of thioether (sulfide) groups is 1. The second-order valence-corrected chi connectivity index (χ2v) is 14.9. The fourth-order valence-electron chi connectivity index (χ4n) is 6.66. The van der Waals surface area contributed by atoms with Gasteiger partial charge in [-0.2, -0.15) is 34.3 Å². The first kappa shape index (κ1) is 33.7. The lowest BCUT2D eigenvalue weighted by atomic mass is 9.97. The molecule has 1 aromatic heterocycles. The van der Waals surface area contributed by atoms with Gasteiger partial charge in [-0.25, -0.2) is 8.42 Å². The van der Waals surface area contributed by atoms with Crippen LogP contribution < -0.4 is 5.32 Å². The number of sulfonamides is 1. The summed E-state index contributed by atoms with van der Waals surface area (Å²) in [6, 6.07) is 4.11. The highest BCUT2D eigenvalue weighted by Gasteiger charge is 2.35. The van der Waals surface area contributed by atoms with Crippen LogP contribution in [0.1, 0.15) is 54.5 Å². The van der Waals surface area contributed by atoms with Crippen molar-refractivity contribution in [1.29, 1.82) is 0 Å². The van der Waals surface area contributed by atoms with Gasteiger partial charge in [-0.1, -0.05) is 6.07 Å². The molecule has 0 unspecified atom stereocenters. The van der Waals surface area contributed by atoms with E-state index in [9.17, 15) is 31.2 Å². The van der Waals surface area contributed by atoms with E-state index >= 15 is 0 Å². The van der Waals surface area contributed by atoms with Crippen molar-refractivity contribution >= 4 is 33.6 Å². The molecule has 4 heterocycles. The Morgan fingerprint density at radius 1 is 1.11 bits per heavy atom. The number of piperidine rings is 1. The summed E-state index contributed by atoms with van der Waals surface area (Å²) < 4.78 is 69.8. The number of alkyl halides is 3. The van der Waals surface area contributed by atoms with E-state index in [2.05, 4.69) is 10.2 Å². The van der Waals surface area contributed by atoms with E-state index in [0.29, 0.717) is 48.8 Å². The number of hydrogen-bond donors (Lipinski definition) is 1. The van der Waals surface area contributed by atoms with E-state index in [0.717, 1.165) is 69.9 Å². The number of carbonyl (C=O) groups excluding carboxylic acids is 2. The van der Waals surface area contributed by atoms with E-state index in [4.69, 9.17) is 5.10 Å². The highest BCUT2D eigenvalue weighted by Crippen LogP contribution is 2.37. The molecule has 1 aromatic carbocycles. The summed E-state index contributed by atoms with van der Waals surface area (Å²) in [5, 5.41) is 7.42. The summed E-state index contributed by atoms with van der Waals surface area (Å²) in [5.41, 5.74) is 1.58. The van der Waals surface area contributed by atoms with Gasteiger partial charge in [0.15, 0.2) is 0 Å². The van der Waals surface area contributed by atoms with Gasteiger partial charge in [-0.3, -0.25) is 14.3 Å². The van der Waals surface area contributed by atoms with E-state index in [1.165, 1.54) is 28.2 Å². The molecule has 10 nitrogen and oxygen atoms in total. The zero-order chi connectivity index (χ0) is 32.4. The van der Waals surface area contributed by atoms with E-state index < -0.39 is 21.8 Å². The molecule has 2 aromatic rings. The van der Waals surface area contributed by atoms with Crippen LogP contribution in [0.4, 0.5) is 13.2 Å². The minimum absolute atomic E-state index is 0.0763. The van der Waals surface area contributed by atoms with Crippen LogP contribution in [0, 0.1) is 0 Å². The van der Waals surface area contributed by atoms with E-state index in [1.54, 1.807) is 6.26 Å². The van der Waals surface area contributed by atoms with Crippen LogP contribution in [0.3, 0.4) is 0 Å². The van der Waals surface area contributed by atoms with Crippen molar-refractivity contribution in [3.8, 4) is 11.3 Å². The predicted octanol–water partition coefficient (Wildman–Crippen LogP) is 3.34. The Hall–Kier alpha value is -2.62. The quantitative estimate of drug-likeness (QED) is 0.391. The second-order valence-electron chi connectivity index (χ2n) is 12.0. The van der Waals surface area contributed by atoms with Gasteiger partial charge in [-0.05, 0) is 56.2 Å². The van der Waals surface area contributed by atoms with Gasteiger partial charge < -0.3 is 15.1 Å². The molecular weight excluding hydrogens is 629 g/mol. The van der Waals surface area contributed by atoms with Crippen LogP contribution in [0.25, 0.3) is 11.3 Å². The van der Waals surface area contributed by atoms with Crippen molar-refractivity contribution in [2.45, 2.75) is 70.4 Å². The molecule has 0 radical (unpaired) electrons. The van der Waals surface area contributed by atoms with Crippen LogP contribution in [0.2, 0.25) is 0 Å². The first-order chi connectivity index (χ1) is 21.3. The molecule has 0 spiro atoms. The SMILES string of the molecule is CSCC(=O)NCc1cc(-c2nn(CCCN3CCC(N4CCCC4=O)CC3)c3c2CN(S(C)(=O)=O)CC3)ccc1C(F)(F)F. The number of rotatable bonds is 11. The Morgan fingerprint density at radius 2 is 1.87 bits per heavy atom. The van der Waals surface area contributed by atoms with Crippen LogP contribution in [0.5, 0.6) is 0 Å². The van der Waals surface area contributed by atoms with Crippen molar-refractivity contribution in [1.82, 2.24) is 29.2 Å². The van der Waals surface area contributed by atoms with Crippen molar-refractivity contribution in [3.05, 3.63) is 40.6 Å². The lowest BCUT2D eigenvalue weighted by Gasteiger charge is -2.36. The monoisotopic (exact) mass is 670 g/mol. The molecule has 3 aliphatic rings. The maximum atomic E-state index is 13.9. The minimum Gasteiger partial charge on any atom is -0.351 e. The van der Waals surface area contributed by atoms with Gasteiger partial charge in [0.25, 0.3) is 0 Å². The number of halogens is 3. The molecule has 2 saturated heterocycles. The summed E-state index contributed by atoms with van der Waals surface area (Å²) >= 11 is 1.28. The van der Waals surface area contributed by atoms with Crippen molar-refractivity contribution in [2.24, 2.45) is 0 Å². The third-order valence-corrected chi connectivity index (χ3v) is 10.8. The second kappa shape index (κ2) is 14.0. The Labute approximate surface area is 266 Å². The maximum Gasteiger partial charge on any atom is 0.416 e. The number of hydrogen-bond acceptors (Lipinski definition) is 7. The van der Waals surface area contributed by atoms with Crippen molar-refractivity contribution in [2.75, 3.05) is 51.0 Å². The predicted molar refractivity (Wildman–Crippen MR) is 167 cm³/mol. The third-order valence-electron chi connectivity index (χ3n) is 8.96. The summed E-state index contributed by atoms with van der Waals surface area (Å²) in [5.74, 6) is 0.0408. The lowest BCUT2D eigenvalue weighted by molar-refractivity contribution is -0.138. The van der Waals surface area contributed by atoms with Gasteiger partial charge >= 0.3 is 6.18 Å². The van der Waals surface area contributed by atoms with Gasteiger partial charge in [0, 0.05) is 81.5 Å². The summed E-state index contributed by atoms with van der Waals surface area (Å²) in [4.78, 5) is 28.6. The fraction of sp³-hybridized carbons (Fsp3) is 0.633. The van der Waals surface area contributed by atoms with Crippen molar-refractivity contribution < 1.29 is 31.2 Å². The number of benzene rings is 1. The first-order valence-electron chi connectivity index (χ1n) is 15.4. The van der Waals surface area contributed by atoms with Gasteiger partial charge in [0.1, 0.15) is 0 Å². The van der Waals surface area contributed by atoms with Crippen LogP contribution >= 0.6 is 11.8 Å². The highest BCUT2D eigenvalue weighted by molar-refractivity contribution is 7.99. The number of carbonyl (C=O) groups is 2. The zero-order valence-corrected chi connectivity index (χ0v) is 27.4. The maximum absolute atomic E-state index is 13.9. The Kier molecular flexibility index (Phi) is 10.5. The molecule has 2 fully saturated rings. The van der Waals surface area contributed by atoms with E-state index in [1.807, 2.05) is 9.58 Å². The molecule has 248 valence electrons. The number of amides is 2. The largest absolute Gasteiger partial charge is 0.416 e. The third kappa shape index (κ3) is 8.03. The first-order valence-corrected chi connectivity index (χ1v) is 18.6. The highest BCUT2D eigenvalue weighted by atomic mass is 32.2. The summed E-state index contributed by atoms with van der Waals surface area (Å²) in [6.45, 7) is 4.24. The molecule has 0 saturated carbocycles. The molecule has 1 N–H and O–H groups in total. The Morgan fingerprint density at radius 3 is 2.51 bits per heavy atom. The average Bonchev–Trinajstić information content (AvgIpc) is 3.58. The van der Waals surface area contributed by atoms with E-state index in [-0.39, 0.29) is 36.2 Å². The average molecular weight is 671 g/mol. The standard InChI is InChI=1S/C30H41F3N6O4S2/c1-44-20-27(40)34-18-22-17-21(6-7-25(22)30(31,32)33)29-24-19-37(45(2,42)43)16-10-26(24)39(35-29)13-4-11-36-14-8-23(9-15-36)38-12-3-5-28(38)41/h6-7,17,23H,3-5,8-16,18-20H2,1-2H3,(H,34,40). The van der Waals surface area contributed by atoms with Gasteiger partial charge in [0.05, 0.1) is 23.3 Å². The normalized spacial score (nSPS) is 18.9. The summed E-state index contributed by atoms with van der Waals surface area (Å²) in [7, 11) is -3.50. The zero-order valence-electron chi connectivity index (χ0n) is 25.7. The number of likely N-dealkylation sites (tertiary alicyclic amines) is 2. The minimum atomic E-state index is -4.61. The molecule has 3 aliphatic heterocycles. The number of aromatic nitrogens is 2. The van der Waals surface area contributed by atoms with Crippen LogP contribution in [0.15, 0.2) is 18.2 Å². The molecular formula is C30H41F3N6O4S2. The molecule has 5 rings (SSSR count). The topological polar surface area (TPSA) is 108 Å². The number of nitrogens with zero attached hydrogens (tertiary/aromatic N) is 5. The molecule has 0 aliphatic carbocycles. The smallest absolute Gasteiger partial charge is 0.351 e. The summed E-state index contributed by atoms with van der Waals surface area (Å²) in [6.07, 6.45) is 3.05.